The molecule has 0 amide bonds. The van der Waals surface area contributed by atoms with Crippen LogP contribution in [0.25, 0.3) is 0 Å². The standard InChI is InChI=1S/C47H88N4O8/c1-19-21-46(32-24-38(3,4)48(54)39(5,6)25-32,33-26-40(7,8)49(55)41(9,10)27-33)58-36(52)23-37(53)59-47(22-20-2,34-28-42(11,12)50(56)43(13,14)29-34)35-30-44(15,16)51(57)45(17,18)31-35/h32-35,54-57H,19-31H2,1-18H3. The van der Waals surface area contributed by atoms with Gasteiger partial charge in [0.1, 0.15) is 17.6 Å². The summed E-state index contributed by atoms with van der Waals surface area (Å²) < 4.78 is 14.0. The lowest BCUT2D eigenvalue weighted by Crippen LogP contribution is -2.67. The minimum absolute atomic E-state index is 0.141. The van der Waals surface area contributed by atoms with Gasteiger partial charge in [0.2, 0.25) is 0 Å². The second kappa shape index (κ2) is 16.3. The molecule has 12 nitrogen and oxygen atoms in total. The van der Waals surface area contributed by atoms with Crippen LogP contribution in [0, 0.1) is 23.7 Å². The van der Waals surface area contributed by atoms with Crippen molar-refractivity contribution in [3.8, 4) is 0 Å². The largest absolute Gasteiger partial charge is 0.458 e. The van der Waals surface area contributed by atoms with Crippen molar-refractivity contribution in [2.75, 3.05) is 0 Å². The van der Waals surface area contributed by atoms with Crippen molar-refractivity contribution >= 4 is 11.9 Å². The summed E-state index contributed by atoms with van der Waals surface area (Å²) in [6.07, 6.45) is 6.70. The van der Waals surface area contributed by atoms with Crippen LogP contribution in [0.2, 0.25) is 0 Å². The monoisotopic (exact) mass is 837 g/mol. The molecule has 0 aromatic carbocycles. The molecule has 0 spiro atoms. The molecule has 0 unspecified atom stereocenters. The summed E-state index contributed by atoms with van der Waals surface area (Å²) in [5.41, 5.74) is -6.88. The Kier molecular flexibility index (Phi) is 13.9. The zero-order chi connectivity index (χ0) is 45.4. The number of esters is 2. The van der Waals surface area contributed by atoms with Crippen LogP contribution >= 0.6 is 0 Å². The Bertz CT molecular complexity index is 1250. The Balaban J connectivity index is 1.81. The van der Waals surface area contributed by atoms with Crippen LogP contribution in [-0.2, 0) is 19.1 Å². The lowest BCUT2D eigenvalue weighted by atomic mass is 9.58. The first-order valence-electron chi connectivity index (χ1n) is 22.9. The van der Waals surface area contributed by atoms with Crippen molar-refractivity contribution < 1.29 is 39.9 Å². The van der Waals surface area contributed by atoms with Crippen LogP contribution in [0.1, 0.15) is 208 Å². The van der Waals surface area contributed by atoms with E-state index >= 15 is 0 Å². The lowest BCUT2D eigenvalue weighted by Gasteiger charge is -2.61. The van der Waals surface area contributed by atoms with Gasteiger partial charge in [-0.1, -0.05) is 26.7 Å². The second-order valence-electron chi connectivity index (χ2n) is 24.7. The number of carbonyl (C=O) groups excluding carboxylic acids is 2. The van der Waals surface area contributed by atoms with E-state index in [-0.39, 0.29) is 23.7 Å². The van der Waals surface area contributed by atoms with Crippen LogP contribution in [-0.4, -0.2) is 109 Å². The molecule has 0 aliphatic carbocycles. The zero-order valence-electron chi connectivity index (χ0n) is 40.7. The van der Waals surface area contributed by atoms with Gasteiger partial charge in [0.15, 0.2) is 0 Å². The molecule has 4 fully saturated rings. The second-order valence-corrected chi connectivity index (χ2v) is 24.7. The fourth-order valence-corrected chi connectivity index (χ4v) is 13.8. The van der Waals surface area contributed by atoms with Crippen LogP contribution in [0.15, 0.2) is 0 Å². The van der Waals surface area contributed by atoms with Gasteiger partial charge in [-0.25, -0.2) is 0 Å². The fourth-order valence-electron chi connectivity index (χ4n) is 13.8. The first-order chi connectivity index (χ1) is 26.5. The summed E-state index contributed by atoms with van der Waals surface area (Å²) in [7, 11) is 0. The van der Waals surface area contributed by atoms with Gasteiger partial charge in [-0.2, -0.15) is 20.3 Å². The van der Waals surface area contributed by atoms with Gasteiger partial charge in [-0.3, -0.25) is 9.59 Å². The number of hydrogen-bond acceptors (Lipinski definition) is 12. The highest BCUT2D eigenvalue weighted by Crippen LogP contribution is 2.57. The molecule has 0 aromatic heterocycles. The van der Waals surface area contributed by atoms with Crippen LogP contribution in [0.3, 0.4) is 0 Å². The molecule has 0 atom stereocenters. The summed E-state index contributed by atoms with van der Waals surface area (Å²) in [4.78, 5) is 29.6. The van der Waals surface area contributed by atoms with E-state index in [4.69, 9.17) is 9.47 Å². The quantitative estimate of drug-likeness (QED) is 0.110. The molecule has 4 N–H and O–H groups in total. The van der Waals surface area contributed by atoms with Crippen molar-refractivity contribution in [1.29, 1.82) is 0 Å². The first kappa shape index (κ1) is 50.3. The van der Waals surface area contributed by atoms with Crippen molar-refractivity contribution in [3.05, 3.63) is 0 Å². The van der Waals surface area contributed by atoms with Gasteiger partial charge >= 0.3 is 11.9 Å². The van der Waals surface area contributed by atoms with Gasteiger partial charge < -0.3 is 30.3 Å². The molecule has 59 heavy (non-hydrogen) atoms. The van der Waals surface area contributed by atoms with Crippen LogP contribution in [0.5, 0.6) is 0 Å². The number of carbonyl (C=O) groups is 2. The third kappa shape index (κ3) is 9.60. The molecule has 0 aromatic rings. The zero-order valence-corrected chi connectivity index (χ0v) is 40.7. The molecule has 4 aliphatic heterocycles. The maximum absolute atomic E-state index is 14.8. The number of piperidine rings is 4. The Hall–Kier alpha value is -1.38. The maximum atomic E-state index is 14.8. The Morgan fingerprint density at radius 1 is 0.424 bits per heavy atom. The van der Waals surface area contributed by atoms with E-state index in [0.29, 0.717) is 64.2 Å². The lowest BCUT2D eigenvalue weighted by molar-refractivity contribution is -0.290. The van der Waals surface area contributed by atoms with Crippen LogP contribution < -0.4 is 0 Å². The van der Waals surface area contributed by atoms with Gasteiger partial charge in [-0.15, -0.1) is 0 Å². The first-order valence-corrected chi connectivity index (χ1v) is 22.9. The molecule has 344 valence electrons. The third-order valence-electron chi connectivity index (χ3n) is 15.5. The summed E-state index contributed by atoms with van der Waals surface area (Å²) in [6, 6.07) is 0. The molecule has 12 heteroatoms. The minimum atomic E-state index is -0.984. The van der Waals surface area contributed by atoms with Gasteiger partial charge in [-0.05, 0) is 175 Å². The smallest absolute Gasteiger partial charge is 0.317 e. The Morgan fingerprint density at radius 2 is 0.593 bits per heavy atom. The van der Waals surface area contributed by atoms with E-state index in [1.807, 2.05) is 111 Å². The molecule has 4 saturated heterocycles. The Labute approximate surface area is 358 Å². The average molecular weight is 837 g/mol. The molecule has 4 heterocycles. The summed E-state index contributed by atoms with van der Waals surface area (Å²) >= 11 is 0. The van der Waals surface area contributed by atoms with E-state index < -0.39 is 73.9 Å². The normalized spacial score (nSPS) is 28.3. The van der Waals surface area contributed by atoms with Crippen molar-refractivity contribution in [2.45, 2.75) is 264 Å². The Morgan fingerprint density at radius 3 is 0.746 bits per heavy atom. The molecule has 4 aliphatic rings. The number of ether oxygens (including phenoxy) is 2. The highest BCUT2D eigenvalue weighted by molar-refractivity contribution is 5.91. The van der Waals surface area contributed by atoms with E-state index in [1.54, 1.807) is 0 Å². The van der Waals surface area contributed by atoms with Gasteiger partial charge in [0.25, 0.3) is 0 Å². The topological polar surface area (TPSA) is 146 Å². The van der Waals surface area contributed by atoms with Crippen molar-refractivity contribution in [3.63, 3.8) is 0 Å². The SMILES string of the molecule is CCCC(OC(=O)CC(=O)OC(CCC)(C1CC(C)(C)N(O)C(C)(C)C1)C1CC(C)(C)N(O)C(C)(C)C1)(C1CC(C)(C)N(O)C(C)(C)C1)C1CC(C)(C)N(O)C(C)(C)C1. The summed E-state index contributed by atoms with van der Waals surface area (Å²) in [5, 5.41) is 51.5. The molecule has 0 bridgehead atoms. The molecular weight excluding hydrogens is 749 g/mol. The van der Waals surface area contributed by atoms with Gasteiger partial charge in [0, 0.05) is 68.0 Å². The summed E-state index contributed by atoms with van der Waals surface area (Å²) in [5.74, 6) is -1.79. The van der Waals surface area contributed by atoms with Crippen molar-refractivity contribution in [1.82, 2.24) is 20.3 Å². The molecule has 0 radical (unpaired) electrons. The predicted molar refractivity (Wildman–Crippen MR) is 230 cm³/mol. The van der Waals surface area contributed by atoms with Gasteiger partial charge in [0.05, 0.1) is 0 Å². The van der Waals surface area contributed by atoms with Crippen molar-refractivity contribution in [2.24, 2.45) is 23.7 Å². The maximum Gasteiger partial charge on any atom is 0.317 e. The highest BCUT2D eigenvalue weighted by atomic mass is 16.6. The number of hydroxylamine groups is 8. The minimum Gasteiger partial charge on any atom is -0.458 e. The van der Waals surface area contributed by atoms with E-state index in [0.717, 1.165) is 12.8 Å². The van der Waals surface area contributed by atoms with Crippen LogP contribution in [0.4, 0.5) is 0 Å². The van der Waals surface area contributed by atoms with E-state index in [2.05, 4.69) is 13.8 Å². The molecule has 4 rings (SSSR count). The van der Waals surface area contributed by atoms with E-state index in [1.165, 1.54) is 20.3 Å². The number of rotatable bonds is 12. The molecular formula is C47H88N4O8. The highest BCUT2D eigenvalue weighted by Gasteiger charge is 2.62. The predicted octanol–water partition coefficient (Wildman–Crippen LogP) is 10.2. The fraction of sp³-hybridized carbons (Fsp3) is 0.957. The average Bonchev–Trinajstić information content (AvgIpc) is 3.05. The number of hydrogen-bond donors (Lipinski definition) is 4. The van der Waals surface area contributed by atoms with E-state index in [9.17, 15) is 30.4 Å². The third-order valence-corrected chi connectivity index (χ3v) is 15.5. The molecule has 0 saturated carbocycles. The number of nitrogens with zero attached hydrogens (tertiary/aromatic N) is 4. The summed E-state index contributed by atoms with van der Waals surface area (Å²) in [6.45, 7) is 36.7.